The monoisotopic (exact) mass is 284 g/mol. The third-order valence-electron chi connectivity index (χ3n) is 3.93. The molecular formula is C20H16N2. The van der Waals surface area contributed by atoms with Crippen LogP contribution >= 0.6 is 0 Å². The van der Waals surface area contributed by atoms with Gasteiger partial charge in [-0.15, -0.1) is 0 Å². The van der Waals surface area contributed by atoms with Crippen molar-refractivity contribution >= 4 is 38.6 Å². The van der Waals surface area contributed by atoms with Crippen molar-refractivity contribution in [2.45, 2.75) is 0 Å². The molecule has 0 bridgehead atoms. The second-order valence-electron chi connectivity index (χ2n) is 5.44. The number of anilines is 3. The van der Waals surface area contributed by atoms with Crippen LogP contribution in [-0.2, 0) is 0 Å². The number of nitrogens with two attached hydrogens (primary N) is 1. The van der Waals surface area contributed by atoms with Crippen LogP contribution in [0.4, 0.5) is 17.1 Å². The molecule has 0 saturated heterocycles. The van der Waals surface area contributed by atoms with Crippen LogP contribution in [0.25, 0.3) is 21.5 Å². The molecule has 106 valence electrons. The first-order valence-electron chi connectivity index (χ1n) is 7.34. The second-order valence-corrected chi connectivity index (χ2v) is 5.44. The number of hydrogen-bond acceptors (Lipinski definition) is 2. The lowest BCUT2D eigenvalue weighted by Gasteiger charge is -2.13. The molecule has 0 amide bonds. The molecule has 0 aromatic heterocycles. The van der Waals surface area contributed by atoms with Crippen molar-refractivity contribution in [2.24, 2.45) is 0 Å². The Morgan fingerprint density at radius 1 is 0.636 bits per heavy atom. The van der Waals surface area contributed by atoms with Crippen LogP contribution in [0.3, 0.4) is 0 Å². The summed E-state index contributed by atoms with van der Waals surface area (Å²) < 4.78 is 0. The van der Waals surface area contributed by atoms with Crippen LogP contribution in [0.15, 0.2) is 78.9 Å². The Kier molecular flexibility index (Phi) is 2.94. The van der Waals surface area contributed by atoms with Gasteiger partial charge in [-0.25, -0.2) is 0 Å². The Hall–Kier alpha value is -3.00. The third-order valence-corrected chi connectivity index (χ3v) is 3.93. The molecule has 4 rings (SSSR count). The van der Waals surface area contributed by atoms with Gasteiger partial charge in [-0.3, -0.25) is 0 Å². The number of hydrogen-bond donors (Lipinski definition) is 2. The Labute approximate surface area is 129 Å². The van der Waals surface area contributed by atoms with E-state index in [0.29, 0.717) is 0 Å². The van der Waals surface area contributed by atoms with E-state index in [9.17, 15) is 0 Å². The van der Waals surface area contributed by atoms with Crippen molar-refractivity contribution in [1.82, 2.24) is 0 Å². The third kappa shape index (κ3) is 2.15. The zero-order valence-electron chi connectivity index (χ0n) is 12.1. The molecule has 0 fully saturated rings. The summed E-state index contributed by atoms with van der Waals surface area (Å²) in [7, 11) is 0. The Morgan fingerprint density at radius 2 is 1.36 bits per heavy atom. The molecule has 3 N–H and O–H groups in total. The summed E-state index contributed by atoms with van der Waals surface area (Å²) in [5, 5.41) is 8.47. The number of benzene rings is 4. The molecule has 0 saturated carbocycles. The number of nitrogen functional groups attached to an aromatic ring is 1. The standard InChI is InChI=1S/C20H16N2/c21-15-7-5-8-16(13-15)22-20-12-14-6-1-2-9-17(14)18-10-3-4-11-19(18)20/h1-13,22H,21H2. The van der Waals surface area contributed by atoms with E-state index >= 15 is 0 Å². The first kappa shape index (κ1) is 12.7. The van der Waals surface area contributed by atoms with Gasteiger partial charge in [0.15, 0.2) is 0 Å². The van der Waals surface area contributed by atoms with E-state index in [4.69, 9.17) is 5.73 Å². The second kappa shape index (κ2) is 5.08. The quantitative estimate of drug-likeness (QED) is 0.386. The first-order chi connectivity index (χ1) is 10.8. The van der Waals surface area contributed by atoms with E-state index in [2.05, 4.69) is 59.9 Å². The van der Waals surface area contributed by atoms with E-state index in [1.165, 1.54) is 21.5 Å². The zero-order chi connectivity index (χ0) is 14.9. The van der Waals surface area contributed by atoms with Crippen LogP contribution in [0.2, 0.25) is 0 Å². The molecule has 0 aliphatic carbocycles. The van der Waals surface area contributed by atoms with E-state index in [-0.39, 0.29) is 0 Å². The molecule has 4 aromatic rings. The van der Waals surface area contributed by atoms with Gasteiger partial charge in [-0.2, -0.15) is 0 Å². The summed E-state index contributed by atoms with van der Waals surface area (Å²) in [6, 6.07) is 27.0. The summed E-state index contributed by atoms with van der Waals surface area (Å²) in [5.41, 5.74) is 8.73. The lowest BCUT2D eigenvalue weighted by Crippen LogP contribution is -1.93. The Morgan fingerprint density at radius 3 is 2.18 bits per heavy atom. The van der Waals surface area contributed by atoms with Gasteiger partial charge in [0.1, 0.15) is 0 Å². The van der Waals surface area contributed by atoms with Gasteiger partial charge in [0.25, 0.3) is 0 Å². The number of rotatable bonds is 2. The summed E-state index contributed by atoms with van der Waals surface area (Å²) >= 11 is 0. The zero-order valence-corrected chi connectivity index (χ0v) is 12.1. The van der Waals surface area contributed by atoms with Gasteiger partial charge in [-0.05, 0) is 40.4 Å². The van der Waals surface area contributed by atoms with Crippen molar-refractivity contribution in [1.29, 1.82) is 0 Å². The molecule has 0 aliphatic rings. The summed E-state index contributed by atoms with van der Waals surface area (Å²) in [6.07, 6.45) is 0. The minimum Gasteiger partial charge on any atom is -0.399 e. The SMILES string of the molecule is Nc1cccc(Nc2cc3ccccc3c3ccccc23)c1. The maximum Gasteiger partial charge on any atom is 0.0470 e. The fourth-order valence-corrected chi connectivity index (χ4v) is 2.93. The van der Waals surface area contributed by atoms with Crippen molar-refractivity contribution in [3.05, 3.63) is 78.9 Å². The van der Waals surface area contributed by atoms with Crippen LogP contribution in [-0.4, -0.2) is 0 Å². The van der Waals surface area contributed by atoms with Gasteiger partial charge >= 0.3 is 0 Å². The maximum atomic E-state index is 5.88. The van der Waals surface area contributed by atoms with E-state index < -0.39 is 0 Å². The predicted molar refractivity (Wildman–Crippen MR) is 95.6 cm³/mol. The molecule has 0 aliphatic heterocycles. The predicted octanol–water partition coefficient (Wildman–Crippen LogP) is 5.32. The van der Waals surface area contributed by atoms with Crippen LogP contribution < -0.4 is 11.1 Å². The van der Waals surface area contributed by atoms with Gasteiger partial charge in [0, 0.05) is 22.4 Å². The highest BCUT2D eigenvalue weighted by Crippen LogP contribution is 2.33. The molecule has 0 spiro atoms. The summed E-state index contributed by atoms with van der Waals surface area (Å²) in [5.74, 6) is 0. The average Bonchev–Trinajstić information content (AvgIpc) is 2.55. The molecule has 0 unspecified atom stereocenters. The minimum absolute atomic E-state index is 0.759. The van der Waals surface area contributed by atoms with Crippen molar-refractivity contribution in [3.8, 4) is 0 Å². The minimum atomic E-state index is 0.759. The fraction of sp³-hybridized carbons (Fsp3) is 0. The van der Waals surface area contributed by atoms with Gasteiger partial charge < -0.3 is 11.1 Å². The highest BCUT2D eigenvalue weighted by molar-refractivity contribution is 6.13. The highest BCUT2D eigenvalue weighted by Gasteiger charge is 2.06. The number of fused-ring (bicyclic) bond motifs is 3. The number of nitrogens with one attached hydrogen (secondary N) is 1. The molecule has 22 heavy (non-hydrogen) atoms. The molecule has 2 heteroatoms. The van der Waals surface area contributed by atoms with E-state index in [1.807, 2.05) is 24.3 Å². The van der Waals surface area contributed by atoms with E-state index in [1.54, 1.807) is 0 Å². The van der Waals surface area contributed by atoms with Crippen molar-refractivity contribution in [2.75, 3.05) is 11.1 Å². The lowest BCUT2D eigenvalue weighted by molar-refractivity contribution is 1.58. The van der Waals surface area contributed by atoms with Gasteiger partial charge in [0.2, 0.25) is 0 Å². The normalized spacial score (nSPS) is 10.9. The van der Waals surface area contributed by atoms with Crippen LogP contribution in [0.1, 0.15) is 0 Å². The van der Waals surface area contributed by atoms with Crippen molar-refractivity contribution in [3.63, 3.8) is 0 Å². The van der Waals surface area contributed by atoms with Crippen LogP contribution in [0, 0.1) is 0 Å². The maximum absolute atomic E-state index is 5.88. The smallest absolute Gasteiger partial charge is 0.0470 e. The first-order valence-corrected chi connectivity index (χ1v) is 7.34. The average molecular weight is 284 g/mol. The fourth-order valence-electron chi connectivity index (χ4n) is 2.93. The molecule has 2 nitrogen and oxygen atoms in total. The topological polar surface area (TPSA) is 38.0 Å². The Bertz CT molecular complexity index is 973. The lowest BCUT2D eigenvalue weighted by atomic mass is 10.00. The highest BCUT2D eigenvalue weighted by atomic mass is 14.9. The summed E-state index contributed by atoms with van der Waals surface area (Å²) in [4.78, 5) is 0. The van der Waals surface area contributed by atoms with Crippen molar-refractivity contribution < 1.29 is 0 Å². The molecule has 0 heterocycles. The van der Waals surface area contributed by atoms with Gasteiger partial charge in [0.05, 0.1) is 0 Å². The molecular weight excluding hydrogens is 268 g/mol. The molecule has 0 atom stereocenters. The Balaban J connectivity index is 1.95. The molecule has 0 radical (unpaired) electrons. The van der Waals surface area contributed by atoms with Crippen LogP contribution in [0.5, 0.6) is 0 Å². The van der Waals surface area contributed by atoms with Gasteiger partial charge in [-0.1, -0.05) is 54.6 Å². The largest absolute Gasteiger partial charge is 0.399 e. The summed E-state index contributed by atoms with van der Waals surface area (Å²) in [6.45, 7) is 0. The van der Waals surface area contributed by atoms with E-state index in [0.717, 1.165) is 17.1 Å². The molecule has 4 aromatic carbocycles.